The lowest BCUT2D eigenvalue weighted by molar-refractivity contribution is 0.0999. The molecule has 2 heterocycles. The smallest absolute Gasteiger partial charge is 0.249 e. The largest absolute Gasteiger partial charge is 0.497 e. The predicted octanol–water partition coefficient (Wildman–Crippen LogP) is 5.61. The van der Waals surface area contributed by atoms with Gasteiger partial charge in [-0.25, -0.2) is 0 Å². The molecule has 1 aromatic heterocycles. The van der Waals surface area contributed by atoms with E-state index in [1.807, 2.05) is 44.4 Å². The van der Waals surface area contributed by atoms with Crippen molar-refractivity contribution in [2.24, 2.45) is 5.73 Å². The molecule has 1 saturated heterocycles. The first-order valence-corrected chi connectivity index (χ1v) is 13.7. The Balaban J connectivity index is 1.41. The van der Waals surface area contributed by atoms with Gasteiger partial charge in [0, 0.05) is 55.4 Å². The molecule has 0 aliphatic carbocycles. The Morgan fingerprint density at radius 3 is 2.39 bits per heavy atom. The summed E-state index contributed by atoms with van der Waals surface area (Å²) in [5, 5.41) is 0. The fourth-order valence-electron chi connectivity index (χ4n) is 5.78. The van der Waals surface area contributed by atoms with Crippen molar-refractivity contribution in [3.05, 3.63) is 88.2 Å². The van der Waals surface area contributed by atoms with Gasteiger partial charge in [0.2, 0.25) is 5.91 Å². The quantitative estimate of drug-likeness (QED) is 0.381. The lowest BCUT2D eigenvalue weighted by atomic mass is 9.93. The van der Waals surface area contributed by atoms with Crippen LogP contribution in [0, 0.1) is 20.8 Å². The van der Waals surface area contributed by atoms with Crippen LogP contribution in [-0.4, -0.2) is 48.1 Å². The number of nitrogens with zero attached hydrogens (tertiary/aromatic N) is 3. The van der Waals surface area contributed by atoms with Crippen LogP contribution in [-0.2, 0) is 13.0 Å². The number of hydrogen-bond donors (Lipinski definition) is 1. The average Bonchev–Trinajstić information content (AvgIpc) is 2.92. The first kappa shape index (κ1) is 27.6. The molecule has 38 heavy (non-hydrogen) atoms. The van der Waals surface area contributed by atoms with Crippen molar-refractivity contribution in [3.8, 4) is 5.75 Å². The highest BCUT2D eigenvalue weighted by Gasteiger charge is 2.28. The van der Waals surface area contributed by atoms with Crippen LogP contribution in [0.1, 0.15) is 64.4 Å². The second-order valence-electron chi connectivity index (χ2n) is 10.7. The third-order valence-corrected chi connectivity index (χ3v) is 8.32. The van der Waals surface area contributed by atoms with Crippen molar-refractivity contribution in [2.45, 2.75) is 72.0 Å². The van der Waals surface area contributed by atoms with Gasteiger partial charge in [-0.05, 0) is 112 Å². The maximum Gasteiger partial charge on any atom is 0.249 e. The Kier molecular flexibility index (Phi) is 9.05. The number of carbonyl (C=O) groups is 1. The van der Waals surface area contributed by atoms with E-state index >= 15 is 0 Å². The Bertz CT molecular complexity index is 1230. The van der Waals surface area contributed by atoms with E-state index in [2.05, 4.69) is 52.9 Å². The summed E-state index contributed by atoms with van der Waals surface area (Å²) in [6.07, 6.45) is 8.11. The minimum absolute atomic E-state index is 0.333. The van der Waals surface area contributed by atoms with E-state index in [0.717, 1.165) is 62.2 Å². The topological polar surface area (TPSA) is 71.7 Å². The number of amides is 1. The molecule has 4 rings (SSSR count). The van der Waals surface area contributed by atoms with Crippen molar-refractivity contribution in [2.75, 3.05) is 25.1 Å². The molecule has 2 N–H and O–H groups in total. The van der Waals surface area contributed by atoms with Crippen molar-refractivity contribution >= 4 is 11.6 Å². The molecule has 1 fully saturated rings. The van der Waals surface area contributed by atoms with Gasteiger partial charge in [0.1, 0.15) is 5.75 Å². The van der Waals surface area contributed by atoms with Gasteiger partial charge in [0.05, 0.1) is 7.11 Å². The Morgan fingerprint density at radius 1 is 1.05 bits per heavy atom. The molecule has 1 amide bonds. The number of aryl methyl sites for hydroxylation is 3. The average molecular weight is 515 g/mol. The van der Waals surface area contributed by atoms with E-state index in [0.29, 0.717) is 17.6 Å². The number of hydrogen-bond acceptors (Lipinski definition) is 5. The van der Waals surface area contributed by atoms with Crippen LogP contribution < -0.4 is 15.4 Å². The number of carbonyl (C=O) groups excluding carboxylic acids is 1. The minimum atomic E-state index is -0.333. The van der Waals surface area contributed by atoms with Crippen molar-refractivity contribution in [1.82, 2.24) is 9.88 Å². The third kappa shape index (κ3) is 6.36. The molecule has 0 unspecified atom stereocenters. The zero-order valence-electron chi connectivity index (χ0n) is 23.5. The van der Waals surface area contributed by atoms with Gasteiger partial charge in [-0.3, -0.25) is 9.78 Å². The molecule has 6 nitrogen and oxygen atoms in total. The zero-order valence-corrected chi connectivity index (χ0v) is 23.5. The first-order valence-electron chi connectivity index (χ1n) is 13.7. The van der Waals surface area contributed by atoms with Crippen LogP contribution >= 0.6 is 0 Å². The summed E-state index contributed by atoms with van der Waals surface area (Å²) in [5.74, 6) is 0.543. The Labute approximate surface area is 227 Å². The summed E-state index contributed by atoms with van der Waals surface area (Å²) in [5.41, 5.74) is 13.3. The van der Waals surface area contributed by atoms with Gasteiger partial charge in [0.15, 0.2) is 0 Å². The number of pyridine rings is 1. The van der Waals surface area contributed by atoms with E-state index in [4.69, 9.17) is 10.5 Å². The third-order valence-electron chi connectivity index (χ3n) is 8.32. The fraction of sp³-hybridized carbons (Fsp3) is 0.438. The second kappa shape index (κ2) is 12.4. The van der Waals surface area contributed by atoms with Crippen molar-refractivity contribution in [3.63, 3.8) is 0 Å². The second-order valence-corrected chi connectivity index (χ2v) is 10.7. The molecule has 0 saturated carbocycles. The van der Waals surface area contributed by atoms with Crippen LogP contribution in [0.2, 0.25) is 0 Å². The highest BCUT2D eigenvalue weighted by molar-refractivity contribution is 5.96. The normalized spacial score (nSPS) is 15.3. The molecular weight excluding hydrogens is 472 g/mol. The number of piperidine rings is 1. The van der Waals surface area contributed by atoms with Crippen LogP contribution in [0.3, 0.4) is 0 Å². The number of ether oxygens (including phenoxy) is 1. The summed E-state index contributed by atoms with van der Waals surface area (Å²) in [6, 6.07) is 15.6. The highest BCUT2D eigenvalue weighted by Crippen LogP contribution is 2.29. The molecule has 0 bridgehead atoms. The fourth-order valence-corrected chi connectivity index (χ4v) is 5.78. The van der Waals surface area contributed by atoms with Crippen LogP contribution in [0.25, 0.3) is 0 Å². The van der Waals surface area contributed by atoms with E-state index in [-0.39, 0.29) is 5.91 Å². The summed E-state index contributed by atoms with van der Waals surface area (Å²) >= 11 is 0. The molecule has 2 aromatic carbocycles. The molecule has 1 atom stereocenters. The number of benzene rings is 2. The summed E-state index contributed by atoms with van der Waals surface area (Å²) < 4.78 is 5.40. The monoisotopic (exact) mass is 514 g/mol. The number of aromatic nitrogens is 1. The van der Waals surface area contributed by atoms with Crippen LogP contribution in [0.15, 0.2) is 54.9 Å². The van der Waals surface area contributed by atoms with Crippen LogP contribution in [0.5, 0.6) is 5.75 Å². The van der Waals surface area contributed by atoms with Gasteiger partial charge in [-0.15, -0.1) is 0 Å². The maximum atomic E-state index is 11.9. The standard InChI is InChI=1S/C32H42N4O2/c1-22-14-17-34-20-27(22)21-36(28-10-12-30(38-5)13-11-28)29-15-18-35(19-16-29)24(3)7-9-26-8-6-23(2)31(25(26)4)32(33)37/h6,8,10-14,17,20,24,29H,7,9,15-16,18-19,21H2,1-5H3,(H2,33,37)/t24-/m1/s1. The van der Waals surface area contributed by atoms with Gasteiger partial charge in [0.25, 0.3) is 0 Å². The molecule has 202 valence electrons. The van der Waals surface area contributed by atoms with Gasteiger partial charge < -0.3 is 20.3 Å². The predicted molar refractivity (Wildman–Crippen MR) is 155 cm³/mol. The minimum Gasteiger partial charge on any atom is -0.497 e. The SMILES string of the molecule is COc1ccc(N(Cc2cnccc2C)C2CCN([C@H](C)CCc3ccc(C)c(C(N)=O)c3C)CC2)cc1. The van der Waals surface area contributed by atoms with Crippen LogP contribution in [0.4, 0.5) is 5.69 Å². The molecule has 0 radical (unpaired) electrons. The molecular formula is C32H42N4O2. The first-order chi connectivity index (χ1) is 18.3. The molecule has 3 aromatic rings. The lowest BCUT2D eigenvalue weighted by Crippen LogP contribution is -2.47. The van der Waals surface area contributed by atoms with Crippen molar-refractivity contribution in [1.29, 1.82) is 0 Å². The maximum absolute atomic E-state index is 11.9. The lowest BCUT2D eigenvalue weighted by Gasteiger charge is -2.42. The summed E-state index contributed by atoms with van der Waals surface area (Å²) in [4.78, 5) is 21.5. The van der Waals surface area contributed by atoms with Crippen molar-refractivity contribution < 1.29 is 9.53 Å². The number of likely N-dealkylation sites (tertiary alicyclic amines) is 1. The summed E-state index contributed by atoms with van der Waals surface area (Å²) in [7, 11) is 1.71. The van der Waals surface area contributed by atoms with Gasteiger partial charge in [-0.2, -0.15) is 0 Å². The number of primary amides is 1. The molecule has 6 heteroatoms. The number of nitrogens with two attached hydrogens (primary N) is 1. The Hall–Kier alpha value is -3.38. The Morgan fingerprint density at radius 2 is 1.76 bits per heavy atom. The van der Waals surface area contributed by atoms with E-state index in [1.165, 1.54) is 22.4 Å². The number of methoxy groups -OCH3 is 1. The number of anilines is 1. The summed E-state index contributed by atoms with van der Waals surface area (Å²) in [6.45, 7) is 11.5. The van der Waals surface area contributed by atoms with Gasteiger partial charge >= 0.3 is 0 Å². The van der Waals surface area contributed by atoms with E-state index < -0.39 is 0 Å². The van der Waals surface area contributed by atoms with E-state index in [1.54, 1.807) is 7.11 Å². The van der Waals surface area contributed by atoms with Gasteiger partial charge in [-0.1, -0.05) is 12.1 Å². The zero-order chi connectivity index (χ0) is 27.2. The molecule has 1 aliphatic rings. The molecule has 0 spiro atoms. The highest BCUT2D eigenvalue weighted by atomic mass is 16.5. The molecule has 1 aliphatic heterocycles. The van der Waals surface area contributed by atoms with E-state index in [9.17, 15) is 4.79 Å². The number of rotatable bonds is 10.